The molecule has 0 spiro atoms. The number of hydrazine groups is 1. The number of amides is 1. The van der Waals surface area contributed by atoms with Crippen molar-refractivity contribution in [2.24, 2.45) is 5.92 Å². The minimum atomic E-state index is -0.413. The summed E-state index contributed by atoms with van der Waals surface area (Å²) >= 11 is 3.41. The highest BCUT2D eigenvalue weighted by molar-refractivity contribution is 9.10. The summed E-state index contributed by atoms with van der Waals surface area (Å²) in [7, 11) is 0. The van der Waals surface area contributed by atoms with Crippen LogP contribution in [0.3, 0.4) is 0 Å². The topological polar surface area (TPSA) is 73.9 Å². The van der Waals surface area contributed by atoms with E-state index in [1.807, 2.05) is 47.5 Å². The van der Waals surface area contributed by atoms with Gasteiger partial charge in [0.05, 0.1) is 13.3 Å². The van der Waals surface area contributed by atoms with Crippen LogP contribution in [-0.4, -0.2) is 61.2 Å². The average molecular weight is 515 g/mol. The SMILES string of the molecule is O=C(NN1CNC(c2ccccc2)C1)OCCCN1CCC(C(=O)c2ccc(Br)cc2)CC1. The highest BCUT2D eigenvalue weighted by atomic mass is 79.9. The van der Waals surface area contributed by atoms with Gasteiger partial charge in [-0.2, -0.15) is 0 Å². The molecule has 2 heterocycles. The third-order valence-electron chi connectivity index (χ3n) is 6.32. The van der Waals surface area contributed by atoms with Gasteiger partial charge in [0.2, 0.25) is 0 Å². The van der Waals surface area contributed by atoms with Crippen LogP contribution in [-0.2, 0) is 4.74 Å². The normalized spacial score (nSPS) is 20.0. The van der Waals surface area contributed by atoms with E-state index in [1.165, 1.54) is 5.56 Å². The first-order valence-corrected chi connectivity index (χ1v) is 12.4. The fraction of sp³-hybridized carbons (Fsp3) is 0.440. The van der Waals surface area contributed by atoms with Crippen LogP contribution in [0.25, 0.3) is 0 Å². The van der Waals surface area contributed by atoms with Gasteiger partial charge in [-0.05, 0) is 50.0 Å². The van der Waals surface area contributed by atoms with Crippen molar-refractivity contribution < 1.29 is 14.3 Å². The average Bonchev–Trinajstić information content (AvgIpc) is 3.31. The summed E-state index contributed by atoms with van der Waals surface area (Å²) in [6.45, 7) is 4.34. The molecule has 2 N–H and O–H groups in total. The third-order valence-corrected chi connectivity index (χ3v) is 6.85. The quantitative estimate of drug-likeness (QED) is 0.410. The van der Waals surface area contributed by atoms with Crippen LogP contribution in [0.4, 0.5) is 4.79 Å². The van der Waals surface area contributed by atoms with Gasteiger partial charge in [-0.25, -0.2) is 9.80 Å². The van der Waals surface area contributed by atoms with Gasteiger partial charge in [0.15, 0.2) is 5.78 Å². The first-order chi connectivity index (χ1) is 16.1. The predicted octanol–water partition coefficient (Wildman–Crippen LogP) is 3.98. The summed E-state index contributed by atoms with van der Waals surface area (Å²) in [6.07, 6.45) is 2.12. The molecule has 0 radical (unpaired) electrons. The lowest BCUT2D eigenvalue weighted by molar-refractivity contribution is 0.0819. The smallest absolute Gasteiger partial charge is 0.421 e. The molecule has 1 amide bonds. The molecule has 2 aromatic carbocycles. The fourth-order valence-corrected chi connectivity index (χ4v) is 4.71. The van der Waals surface area contributed by atoms with E-state index in [0.717, 1.165) is 48.9 Å². The lowest BCUT2D eigenvalue weighted by Gasteiger charge is -2.31. The number of ether oxygens (including phenoxy) is 1. The molecule has 0 aromatic heterocycles. The Kier molecular flexibility index (Phi) is 8.50. The van der Waals surface area contributed by atoms with Crippen molar-refractivity contribution in [3.8, 4) is 0 Å². The molecule has 2 fully saturated rings. The molecule has 1 unspecified atom stereocenters. The summed E-state index contributed by atoms with van der Waals surface area (Å²) < 4.78 is 6.34. The van der Waals surface area contributed by atoms with Crippen molar-refractivity contribution in [2.75, 3.05) is 39.5 Å². The van der Waals surface area contributed by atoms with Gasteiger partial charge in [0.1, 0.15) is 0 Å². The molecule has 33 heavy (non-hydrogen) atoms. The number of nitrogens with one attached hydrogen (secondary N) is 2. The summed E-state index contributed by atoms with van der Waals surface area (Å²) in [6, 6.07) is 18.0. The second-order valence-corrected chi connectivity index (χ2v) is 9.55. The number of benzene rings is 2. The maximum atomic E-state index is 12.7. The molecule has 2 aliphatic heterocycles. The second kappa shape index (κ2) is 11.7. The number of piperidine rings is 1. The Morgan fingerprint density at radius 2 is 1.79 bits per heavy atom. The van der Waals surface area contributed by atoms with Crippen LogP contribution in [0.1, 0.15) is 41.2 Å². The number of hydrogen-bond donors (Lipinski definition) is 2. The number of rotatable bonds is 8. The molecule has 0 bridgehead atoms. The number of halogens is 1. The molecular formula is C25H31BrN4O3. The summed E-state index contributed by atoms with van der Waals surface area (Å²) in [4.78, 5) is 27.1. The van der Waals surface area contributed by atoms with E-state index < -0.39 is 6.09 Å². The lowest BCUT2D eigenvalue weighted by atomic mass is 9.89. The minimum Gasteiger partial charge on any atom is -0.449 e. The van der Waals surface area contributed by atoms with E-state index in [1.54, 1.807) is 0 Å². The van der Waals surface area contributed by atoms with Gasteiger partial charge in [-0.1, -0.05) is 58.4 Å². The first-order valence-electron chi connectivity index (χ1n) is 11.6. The van der Waals surface area contributed by atoms with Crippen LogP contribution in [0.5, 0.6) is 0 Å². The zero-order valence-electron chi connectivity index (χ0n) is 18.7. The summed E-state index contributed by atoms with van der Waals surface area (Å²) in [5, 5.41) is 5.23. The van der Waals surface area contributed by atoms with Crippen LogP contribution in [0.15, 0.2) is 59.1 Å². The monoisotopic (exact) mass is 514 g/mol. The predicted molar refractivity (Wildman–Crippen MR) is 131 cm³/mol. The van der Waals surface area contributed by atoms with Crippen molar-refractivity contribution in [1.29, 1.82) is 0 Å². The number of carbonyl (C=O) groups excluding carboxylic acids is 2. The van der Waals surface area contributed by atoms with E-state index >= 15 is 0 Å². The molecule has 4 rings (SSSR count). The maximum absolute atomic E-state index is 12.7. The second-order valence-electron chi connectivity index (χ2n) is 8.64. The summed E-state index contributed by atoms with van der Waals surface area (Å²) in [5.41, 5.74) is 4.81. The summed E-state index contributed by atoms with van der Waals surface area (Å²) in [5.74, 6) is 0.339. The van der Waals surface area contributed by atoms with E-state index in [0.29, 0.717) is 19.8 Å². The maximum Gasteiger partial charge on any atom is 0.421 e. The zero-order chi connectivity index (χ0) is 23.0. The zero-order valence-corrected chi connectivity index (χ0v) is 20.3. The van der Waals surface area contributed by atoms with Crippen LogP contribution >= 0.6 is 15.9 Å². The lowest BCUT2D eigenvalue weighted by Crippen LogP contribution is -2.42. The molecule has 8 heteroatoms. The van der Waals surface area contributed by atoms with Gasteiger partial charge < -0.3 is 9.64 Å². The molecule has 2 aliphatic rings. The molecule has 2 aromatic rings. The fourth-order valence-electron chi connectivity index (χ4n) is 4.45. The Morgan fingerprint density at radius 1 is 1.06 bits per heavy atom. The van der Waals surface area contributed by atoms with Gasteiger partial charge in [0, 0.05) is 35.1 Å². The first kappa shape index (κ1) is 23.9. The molecule has 1 atom stereocenters. The van der Waals surface area contributed by atoms with Gasteiger partial charge in [-0.3, -0.25) is 15.5 Å². The highest BCUT2D eigenvalue weighted by Crippen LogP contribution is 2.23. The Morgan fingerprint density at radius 3 is 2.52 bits per heavy atom. The number of likely N-dealkylation sites (tertiary alicyclic amines) is 1. The van der Waals surface area contributed by atoms with Crippen molar-refractivity contribution in [2.45, 2.75) is 25.3 Å². The number of Topliss-reactive ketones (excluding diaryl/α,β-unsaturated/α-hetero) is 1. The molecule has 2 saturated heterocycles. The Labute approximate surface area is 203 Å². The van der Waals surface area contributed by atoms with Crippen molar-refractivity contribution in [3.63, 3.8) is 0 Å². The van der Waals surface area contributed by atoms with Crippen molar-refractivity contribution in [1.82, 2.24) is 20.7 Å². The van der Waals surface area contributed by atoms with E-state index in [4.69, 9.17) is 4.74 Å². The van der Waals surface area contributed by atoms with Gasteiger partial charge in [-0.15, -0.1) is 0 Å². The largest absolute Gasteiger partial charge is 0.449 e. The molecule has 0 aliphatic carbocycles. The number of nitrogens with zero attached hydrogens (tertiary/aromatic N) is 2. The molecule has 7 nitrogen and oxygen atoms in total. The Balaban J connectivity index is 1.08. The van der Waals surface area contributed by atoms with Crippen LogP contribution in [0, 0.1) is 5.92 Å². The van der Waals surface area contributed by atoms with E-state index in [9.17, 15) is 9.59 Å². The van der Waals surface area contributed by atoms with Crippen LogP contribution in [0.2, 0.25) is 0 Å². The van der Waals surface area contributed by atoms with Crippen LogP contribution < -0.4 is 10.7 Å². The van der Waals surface area contributed by atoms with Crippen molar-refractivity contribution >= 4 is 27.8 Å². The Hall–Kier alpha value is -2.26. The third kappa shape index (κ3) is 6.86. The van der Waals surface area contributed by atoms with E-state index in [2.05, 4.69) is 43.7 Å². The van der Waals surface area contributed by atoms with Gasteiger partial charge in [0.25, 0.3) is 0 Å². The van der Waals surface area contributed by atoms with E-state index in [-0.39, 0.29) is 17.7 Å². The highest BCUT2D eigenvalue weighted by Gasteiger charge is 2.26. The molecule has 0 saturated carbocycles. The number of carbonyl (C=O) groups is 2. The number of hydrogen-bond acceptors (Lipinski definition) is 6. The van der Waals surface area contributed by atoms with Gasteiger partial charge >= 0.3 is 6.09 Å². The molecular weight excluding hydrogens is 484 g/mol. The minimum absolute atomic E-state index is 0.0956. The number of ketones is 1. The standard InChI is InChI=1S/C25H31BrN4O3/c26-22-9-7-20(8-10-22)24(31)21-11-14-29(15-12-21)13-4-16-33-25(32)28-30-17-23(27-18-30)19-5-2-1-3-6-19/h1-3,5-10,21,23,27H,4,11-18H2,(H,28,32). The molecule has 176 valence electrons. The van der Waals surface area contributed by atoms with Crippen molar-refractivity contribution in [3.05, 3.63) is 70.2 Å². The Bertz CT molecular complexity index is 917.